The monoisotopic (exact) mass is 674 g/mol. The van der Waals surface area contributed by atoms with Crippen LogP contribution in [0.4, 0.5) is 0 Å². The molecule has 262 valence electrons. The molecule has 0 aliphatic heterocycles. The van der Waals surface area contributed by atoms with Crippen molar-refractivity contribution in [2.45, 2.75) is 103 Å². The van der Waals surface area contributed by atoms with E-state index in [4.69, 9.17) is 0 Å². The highest BCUT2D eigenvalue weighted by molar-refractivity contribution is 7.92. The van der Waals surface area contributed by atoms with Gasteiger partial charge in [-0.15, -0.1) is 0 Å². The van der Waals surface area contributed by atoms with Gasteiger partial charge in [0, 0.05) is 18.9 Å². The van der Waals surface area contributed by atoms with E-state index in [0.717, 1.165) is 5.56 Å². The summed E-state index contributed by atoms with van der Waals surface area (Å²) in [6.45, 7) is 11.6. The lowest BCUT2D eigenvalue weighted by Crippen LogP contribution is -2.59. The van der Waals surface area contributed by atoms with E-state index < -0.39 is 68.8 Å². The van der Waals surface area contributed by atoms with Crippen molar-refractivity contribution in [3.05, 3.63) is 66.0 Å². The molecule has 0 aliphatic rings. The lowest BCUT2D eigenvalue weighted by atomic mass is 9.83. The summed E-state index contributed by atoms with van der Waals surface area (Å²) in [7, 11) is -3.86. The third kappa shape index (κ3) is 12.6. The lowest BCUT2D eigenvalue weighted by molar-refractivity contribution is -0.136. The number of hydrogen-bond donors (Lipinski definition) is 5. The minimum absolute atomic E-state index is 0.0630. The summed E-state index contributed by atoms with van der Waals surface area (Å²) in [5.74, 6) is -3.78. The Labute approximate surface area is 280 Å². The van der Waals surface area contributed by atoms with Crippen LogP contribution in [-0.4, -0.2) is 83.2 Å². The minimum atomic E-state index is -3.86. The smallest absolute Gasteiger partial charge is 0.253 e. The van der Waals surface area contributed by atoms with E-state index >= 15 is 0 Å². The van der Waals surface area contributed by atoms with Crippen LogP contribution in [0.3, 0.4) is 0 Å². The molecule has 5 unspecified atom stereocenters. The Morgan fingerprint density at radius 3 is 2.02 bits per heavy atom. The quantitative estimate of drug-likeness (QED) is 0.142. The second-order valence-electron chi connectivity index (χ2n) is 13.0. The summed E-state index contributed by atoms with van der Waals surface area (Å²) in [6.07, 6.45) is 1.77. The van der Waals surface area contributed by atoms with Crippen LogP contribution < -0.4 is 16.0 Å². The lowest BCUT2D eigenvalue weighted by Gasteiger charge is -2.34. The van der Waals surface area contributed by atoms with Gasteiger partial charge < -0.3 is 26.2 Å². The Hall–Kier alpha value is -3.35. The fourth-order valence-corrected chi connectivity index (χ4v) is 7.73. The number of aliphatic hydroxyl groups is 2. The van der Waals surface area contributed by atoms with Crippen molar-refractivity contribution in [2.24, 2.45) is 17.8 Å². The van der Waals surface area contributed by atoms with Gasteiger partial charge in [0.25, 0.3) is 5.91 Å². The molecular weight excluding hydrogens is 620 g/mol. The van der Waals surface area contributed by atoms with Crippen molar-refractivity contribution in [3.8, 4) is 0 Å². The fraction of sp³-hybridized carbons (Fsp3) is 0.600. The molecule has 1 aromatic heterocycles. The second kappa shape index (κ2) is 19.5. The third-order valence-corrected chi connectivity index (χ3v) is 10.4. The van der Waals surface area contributed by atoms with Crippen molar-refractivity contribution in [1.82, 2.24) is 20.9 Å². The number of rotatable bonds is 20. The van der Waals surface area contributed by atoms with E-state index in [9.17, 15) is 33.0 Å². The van der Waals surface area contributed by atoms with Gasteiger partial charge in [-0.2, -0.15) is 0 Å². The summed E-state index contributed by atoms with van der Waals surface area (Å²) in [6, 6.07) is 9.38. The molecule has 0 fully saturated rings. The average molecular weight is 675 g/mol. The minimum Gasteiger partial charge on any atom is -0.390 e. The predicted octanol–water partition coefficient (Wildman–Crippen LogP) is 3.06. The Kier molecular flexibility index (Phi) is 16.5. The van der Waals surface area contributed by atoms with Crippen molar-refractivity contribution < 1.29 is 33.0 Å². The van der Waals surface area contributed by atoms with Crippen LogP contribution in [-0.2, 0) is 25.8 Å². The Balaban J connectivity index is 2.48. The maximum absolute atomic E-state index is 14.0. The van der Waals surface area contributed by atoms with Crippen LogP contribution in [0.1, 0.15) is 83.1 Å². The molecule has 2 rings (SSSR count). The molecule has 47 heavy (non-hydrogen) atoms. The average Bonchev–Trinajstić information content (AvgIpc) is 3.03. The van der Waals surface area contributed by atoms with Gasteiger partial charge in [-0.3, -0.25) is 19.4 Å². The van der Waals surface area contributed by atoms with Gasteiger partial charge in [-0.05, 0) is 48.8 Å². The van der Waals surface area contributed by atoms with Crippen LogP contribution >= 0.6 is 0 Å². The molecule has 1 heterocycles. The predicted molar refractivity (Wildman–Crippen MR) is 183 cm³/mol. The number of benzene rings is 1. The summed E-state index contributed by atoms with van der Waals surface area (Å²) in [4.78, 5) is 44.2. The number of aromatic nitrogens is 1. The normalized spacial score (nSPS) is 15.1. The number of nitrogens with one attached hydrogen (secondary N) is 3. The second-order valence-corrected chi connectivity index (χ2v) is 15.3. The van der Waals surface area contributed by atoms with Gasteiger partial charge >= 0.3 is 0 Å². The van der Waals surface area contributed by atoms with E-state index in [1.807, 2.05) is 33.8 Å². The highest BCUT2D eigenvalue weighted by Gasteiger charge is 2.40. The number of pyridine rings is 1. The first kappa shape index (κ1) is 39.8. The number of sulfone groups is 1. The highest BCUT2D eigenvalue weighted by Crippen LogP contribution is 2.23. The number of carbonyl (C=O) groups excluding carboxylic acids is 3. The molecule has 0 saturated carbocycles. The van der Waals surface area contributed by atoms with Gasteiger partial charge in [-0.1, -0.05) is 84.7 Å². The number of carbonyl (C=O) groups is 3. The van der Waals surface area contributed by atoms with Gasteiger partial charge in [0.1, 0.15) is 12.1 Å². The Bertz CT molecular complexity index is 1350. The van der Waals surface area contributed by atoms with Crippen LogP contribution in [0.2, 0.25) is 0 Å². The SMILES string of the molecule is CCCC(CCC)S(=O)(=O)CC(NC(=O)c1cccnc1)C(=O)NC(Cc1ccccc1)C(O)C(O)C(C(=O)NCC(C)C)C(C)C. The first-order valence-corrected chi connectivity index (χ1v) is 18.3. The molecule has 12 heteroatoms. The summed E-state index contributed by atoms with van der Waals surface area (Å²) in [5, 5.41) is 30.4. The number of amides is 3. The topological polar surface area (TPSA) is 175 Å². The molecule has 3 amide bonds. The zero-order valence-corrected chi connectivity index (χ0v) is 29.4. The van der Waals surface area contributed by atoms with Crippen LogP contribution in [0.5, 0.6) is 0 Å². The number of aliphatic hydroxyl groups excluding tert-OH is 2. The van der Waals surface area contributed by atoms with Crippen molar-refractivity contribution in [3.63, 3.8) is 0 Å². The van der Waals surface area contributed by atoms with Crippen molar-refractivity contribution in [1.29, 1.82) is 0 Å². The van der Waals surface area contributed by atoms with E-state index in [-0.39, 0.29) is 23.8 Å². The summed E-state index contributed by atoms with van der Waals surface area (Å²) < 4.78 is 27.3. The molecule has 0 spiro atoms. The summed E-state index contributed by atoms with van der Waals surface area (Å²) >= 11 is 0. The molecule has 5 atom stereocenters. The van der Waals surface area contributed by atoms with E-state index in [1.54, 1.807) is 44.2 Å². The number of hydrogen-bond acceptors (Lipinski definition) is 8. The van der Waals surface area contributed by atoms with E-state index in [2.05, 4.69) is 20.9 Å². The van der Waals surface area contributed by atoms with Crippen molar-refractivity contribution >= 4 is 27.6 Å². The van der Waals surface area contributed by atoms with E-state index in [0.29, 0.717) is 32.2 Å². The molecule has 2 aromatic rings. The fourth-order valence-electron chi connectivity index (χ4n) is 5.57. The molecule has 1 aromatic carbocycles. The molecule has 0 bridgehead atoms. The largest absolute Gasteiger partial charge is 0.390 e. The maximum atomic E-state index is 14.0. The molecule has 0 saturated heterocycles. The Morgan fingerprint density at radius 1 is 0.851 bits per heavy atom. The summed E-state index contributed by atoms with van der Waals surface area (Å²) in [5.41, 5.74) is 0.869. The molecule has 11 nitrogen and oxygen atoms in total. The van der Waals surface area contributed by atoms with E-state index in [1.165, 1.54) is 18.5 Å². The van der Waals surface area contributed by atoms with Crippen LogP contribution in [0.25, 0.3) is 0 Å². The van der Waals surface area contributed by atoms with Gasteiger partial charge in [0.05, 0.1) is 34.6 Å². The molecular formula is C35H54N4O7S. The molecule has 0 radical (unpaired) electrons. The first-order chi connectivity index (χ1) is 22.2. The molecule has 5 N–H and O–H groups in total. The zero-order valence-electron chi connectivity index (χ0n) is 28.6. The Morgan fingerprint density at radius 2 is 1.49 bits per heavy atom. The highest BCUT2D eigenvalue weighted by atomic mass is 32.2. The van der Waals surface area contributed by atoms with Gasteiger partial charge in [0.15, 0.2) is 9.84 Å². The van der Waals surface area contributed by atoms with Crippen molar-refractivity contribution in [2.75, 3.05) is 12.3 Å². The number of nitrogens with zero attached hydrogens (tertiary/aromatic N) is 1. The van der Waals surface area contributed by atoms with Crippen LogP contribution in [0.15, 0.2) is 54.9 Å². The zero-order chi connectivity index (χ0) is 35.1. The third-order valence-electron chi connectivity index (χ3n) is 8.14. The maximum Gasteiger partial charge on any atom is 0.253 e. The van der Waals surface area contributed by atoms with Gasteiger partial charge in [0.2, 0.25) is 11.8 Å². The standard InChI is InChI=1S/C35H54N4O7S/c1-7-13-27(14-8-2)47(45,46)22-29(39-33(42)26-17-12-18-36-21-26)34(43)38-28(19-25-15-10-9-11-16-25)31(40)32(41)30(24(5)6)35(44)37-20-23(3)4/h9-12,15-18,21,23-24,27-32,40-41H,7-8,13-14,19-20,22H2,1-6H3,(H,37,44)(H,38,43)(H,39,42). The molecule has 0 aliphatic carbocycles. The van der Waals surface area contributed by atoms with Crippen LogP contribution in [0, 0.1) is 17.8 Å². The first-order valence-electron chi connectivity index (χ1n) is 16.6. The van der Waals surface area contributed by atoms with Gasteiger partial charge in [-0.25, -0.2) is 8.42 Å².